The van der Waals surface area contributed by atoms with Gasteiger partial charge < -0.3 is 15.7 Å². The molecule has 1 atom stereocenters. The predicted octanol–water partition coefficient (Wildman–Crippen LogP) is 2.48. The number of urea groups is 1. The maximum Gasteiger partial charge on any atom is 0.319 e. The van der Waals surface area contributed by atoms with E-state index in [0.717, 1.165) is 0 Å². The van der Waals surface area contributed by atoms with Gasteiger partial charge in [-0.3, -0.25) is 0 Å². The van der Waals surface area contributed by atoms with Crippen LogP contribution in [0.25, 0.3) is 0 Å². The van der Waals surface area contributed by atoms with Crippen molar-refractivity contribution in [2.75, 3.05) is 11.9 Å². The molecule has 0 radical (unpaired) electrons. The minimum Gasteiger partial charge on any atom is -0.391 e. The lowest BCUT2D eigenvalue weighted by Gasteiger charge is -2.15. The monoisotopic (exact) mass is 256 g/mol. The second-order valence-electron chi connectivity index (χ2n) is 4.13. The number of hydrogen-bond acceptors (Lipinski definition) is 2. The third-order valence-electron chi connectivity index (χ3n) is 2.36. The average Bonchev–Trinajstić information content (AvgIpc) is 2.29. The Labute approximate surface area is 106 Å². The average molecular weight is 257 g/mol. The highest BCUT2D eigenvalue weighted by Gasteiger charge is 2.11. The number of amides is 2. The molecule has 0 bridgehead atoms. The lowest BCUT2D eigenvalue weighted by molar-refractivity contribution is 0.126. The van der Waals surface area contributed by atoms with Crippen molar-refractivity contribution >= 4 is 23.3 Å². The second kappa shape index (κ2) is 6.47. The molecule has 17 heavy (non-hydrogen) atoms. The summed E-state index contributed by atoms with van der Waals surface area (Å²) >= 11 is 5.89. The van der Waals surface area contributed by atoms with E-state index in [4.69, 9.17) is 11.6 Å². The molecule has 1 unspecified atom stereocenters. The fourth-order valence-electron chi connectivity index (χ4n) is 1.16. The second-order valence-corrected chi connectivity index (χ2v) is 4.53. The van der Waals surface area contributed by atoms with Crippen molar-refractivity contribution in [1.82, 2.24) is 5.32 Å². The van der Waals surface area contributed by atoms with Crippen molar-refractivity contribution in [1.29, 1.82) is 0 Å². The van der Waals surface area contributed by atoms with E-state index in [1.807, 2.05) is 13.8 Å². The largest absolute Gasteiger partial charge is 0.391 e. The minimum atomic E-state index is -0.549. The molecule has 0 saturated carbocycles. The highest BCUT2D eigenvalue weighted by Crippen LogP contribution is 2.19. The van der Waals surface area contributed by atoms with Crippen LogP contribution < -0.4 is 10.6 Å². The van der Waals surface area contributed by atoms with Crippen molar-refractivity contribution in [2.24, 2.45) is 5.92 Å². The van der Waals surface area contributed by atoms with E-state index in [-0.39, 0.29) is 18.5 Å². The van der Waals surface area contributed by atoms with E-state index in [9.17, 15) is 9.90 Å². The van der Waals surface area contributed by atoms with Crippen LogP contribution in [0.1, 0.15) is 13.8 Å². The maximum atomic E-state index is 11.5. The number of aliphatic hydroxyl groups is 1. The van der Waals surface area contributed by atoms with E-state index in [1.54, 1.807) is 24.3 Å². The lowest BCUT2D eigenvalue weighted by atomic mass is 10.1. The maximum absolute atomic E-state index is 11.5. The summed E-state index contributed by atoms with van der Waals surface area (Å²) in [5, 5.41) is 15.2. The van der Waals surface area contributed by atoms with Gasteiger partial charge in [-0.15, -0.1) is 0 Å². The van der Waals surface area contributed by atoms with Crippen LogP contribution in [-0.4, -0.2) is 23.8 Å². The molecule has 5 heteroatoms. The van der Waals surface area contributed by atoms with Crippen LogP contribution in [0.4, 0.5) is 10.5 Å². The van der Waals surface area contributed by atoms with Crippen LogP contribution in [0.15, 0.2) is 24.3 Å². The van der Waals surface area contributed by atoms with E-state index in [1.165, 1.54) is 0 Å². The molecule has 0 fully saturated rings. The van der Waals surface area contributed by atoms with Crippen LogP contribution in [0.2, 0.25) is 5.02 Å². The van der Waals surface area contributed by atoms with Gasteiger partial charge in [0.05, 0.1) is 16.8 Å². The molecule has 2 amide bonds. The van der Waals surface area contributed by atoms with E-state index in [0.29, 0.717) is 10.7 Å². The van der Waals surface area contributed by atoms with Gasteiger partial charge in [-0.1, -0.05) is 37.6 Å². The first-order valence-corrected chi connectivity index (χ1v) is 5.86. The number of anilines is 1. The van der Waals surface area contributed by atoms with Crippen molar-refractivity contribution in [3.8, 4) is 0 Å². The summed E-state index contributed by atoms with van der Waals surface area (Å²) in [6.45, 7) is 3.99. The Balaban J connectivity index is 2.43. The van der Waals surface area contributed by atoms with Gasteiger partial charge in [0.1, 0.15) is 0 Å². The number of benzene rings is 1. The third kappa shape index (κ3) is 4.63. The summed E-state index contributed by atoms with van der Waals surface area (Å²) in [6, 6.07) is 6.59. The fourth-order valence-corrected chi connectivity index (χ4v) is 1.35. The number of carbonyl (C=O) groups is 1. The van der Waals surface area contributed by atoms with Crippen LogP contribution in [0.3, 0.4) is 0 Å². The molecule has 0 saturated heterocycles. The first-order chi connectivity index (χ1) is 8.00. The molecular formula is C12H17ClN2O2. The molecule has 3 N–H and O–H groups in total. The molecule has 0 spiro atoms. The molecule has 0 aliphatic carbocycles. The van der Waals surface area contributed by atoms with Crippen LogP contribution in [0, 0.1) is 5.92 Å². The number of para-hydroxylation sites is 1. The highest BCUT2D eigenvalue weighted by molar-refractivity contribution is 6.33. The van der Waals surface area contributed by atoms with Crippen molar-refractivity contribution < 1.29 is 9.90 Å². The molecule has 1 aromatic rings. The Bertz CT molecular complexity index is 383. The molecule has 0 aromatic heterocycles. The number of aliphatic hydroxyl groups excluding tert-OH is 1. The molecular weight excluding hydrogens is 240 g/mol. The Kier molecular flexibility index (Phi) is 5.25. The van der Waals surface area contributed by atoms with E-state index in [2.05, 4.69) is 10.6 Å². The Hall–Kier alpha value is -1.26. The van der Waals surface area contributed by atoms with Crippen LogP contribution in [-0.2, 0) is 0 Å². The molecule has 1 aromatic carbocycles. The highest BCUT2D eigenvalue weighted by atomic mass is 35.5. The summed E-state index contributed by atoms with van der Waals surface area (Å²) < 4.78 is 0. The van der Waals surface area contributed by atoms with Crippen LogP contribution >= 0.6 is 11.6 Å². The van der Waals surface area contributed by atoms with Gasteiger partial charge in [-0.25, -0.2) is 4.79 Å². The first-order valence-electron chi connectivity index (χ1n) is 5.48. The van der Waals surface area contributed by atoms with Gasteiger partial charge in [0.25, 0.3) is 0 Å². The number of rotatable bonds is 4. The van der Waals surface area contributed by atoms with Gasteiger partial charge in [-0.2, -0.15) is 0 Å². The van der Waals surface area contributed by atoms with Gasteiger partial charge >= 0.3 is 6.03 Å². The first kappa shape index (κ1) is 13.8. The zero-order valence-corrected chi connectivity index (χ0v) is 10.7. The van der Waals surface area contributed by atoms with Crippen molar-refractivity contribution in [3.05, 3.63) is 29.3 Å². The SMILES string of the molecule is CC(C)C(O)CNC(=O)Nc1ccccc1Cl. The number of hydrogen-bond donors (Lipinski definition) is 3. The quantitative estimate of drug-likeness (QED) is 0.775. The summed E-state index contributed by atoms with van der Waals surface area (Å²) in [4.78, 5) is 11.5. The van der Waals surface area contributed by atoms with Gasteiger partial charge in [0.2, 0.25) is 0 Å². The van der Waals surface area contributed by atoms with Gasteiger partial charge in [-0.05, 0) is 18.1 Å². The Morgan fingerprint density at radius 2 is 2.06 bits per heavy atom. The molecule has 0 heterocycles. The molecule has 94 valence electrons. The molecule has 0 aliphatic rings. The summed E-state index contributed by atoms with van der Waals surface area (Å²) in [5.74, 6) is 0.107. The molecule has 1 rings (SSSR count). The van der Waals surface area contributed by atoms with Crippen molar-refractivity contribution in [3.63, 3.8) is 0 Å². The standard InChI is InChI=1S/C12H17ClN2O2/c1-8(2)11(16)7-14-12(17)15-10-6-4-3-5-9(10)13/h3-6,8,11,16H,7H2,1-2H3,(H2,14,15,17). The third-order valence-corrected chi connectivity index (χ3v) is 2.69. The van der Waals surface area contributed by atoms with Gasteiger partial charge in [0.15, 0.2) is 0 Å². The number of carbonyl (C=O) groups excluding carboxylic acids is 1. The zero-order valence-electron chi connectivity index (χ0n) is 9.90. The predicted molar refractivity (Wildman–Crippen MR) is 69.3 cm³/mol. The van der Waals surface area contributed by atoms with Gasteiger partial charge in [0, 0.05) is 6.54 Å². The van der Waals surface area contributed by atoms with E-state index >= 15 is 0 Å². The smallest absolute Gasteiger partial charge is 0.319 e. The van der Waals surface area contributed by atoms with Crippen LogP contribution in [0.5, 0.6) is 0 Å². The molecule has 0 aliphatic heterocycles. The topological polar surface area (TPSA) is 61.4 Å². The van der Waals surface area contributed by atoms with E-state index < -0.39 is 6.10 Å². The normalized spacial score (nSPS) is 12.3. The summed E-state index contributed by atoms with van der Waals surface area (Å²) in [6.07, 6.45) is -0.549. The lowest BCUT2D eigenvalue weighted by Crippen LogP contribution is -2.37. The number of halogens is 1. The Morgan fingerprint density at radius 1 is 1.41 bits per heavy atom. The molecule has 4 nitrogen and oxygen atoms in total. The van der Waals surface area contributed by atoms with Crippen molar-refractivity contribution in [2.45, 2.75) is 20.0 Å². The fraction of sp³-hybridized carbons (Fsp3) is 0.417. The zero-order chi connectivity index (χ0) is 12.8. The minimum absolute atomic E-state index is 0.107. The summed E-state index contributed by atoms with van der Waals surface area (Å²) in [5.41, 5.74) is 0.547. The number of nitrogens with one attached hydrogen (secondary N) is 2. The summed E-state index contributed by atoms with van der Waals surface area (Å²) in [7, 11) is 0. The Morgan fingerprint density at radius 3 is 2.65 bits per heavy atom.